The number of nitrogens with two attached hydrogens (primary N) is 1. The zero-order valence-electron chi connectivity index (χ0n) is 12.2. The molecular formula is C18H22N2. The van der Waals surface area contributed by atoms with Crippen LogP contribution in [0.4, 0.5) is 0 Å². The van der Waals surface area contributed by atoms with Crippen LogP contribution < -0.4 is 11.3 Å². The third-order valence-corrected chi connectivity index (χ3v) is 4.36. The van der Waals surface area contributed by atoms with Crippen LogP contribution in [0.3, 0.4) is 0 Å². The normalized spacial score (nSPS) is 15.2. The Morgan fingerprint density at radius 1 is 1.00 bits per heavy atom. The van der Waals surface area contributed by atoms with Gasteiger partial charge in [0.1, 0.15) is 0 Å². The Morgan fingerprint density at radius 3 is 2.55 bits per heavy atom. The summed E-state index contributed by atoms with van der Waals surface area (Å²) in [7, 11) is 0. The fraction of sp³-hybridized carbons (Fsp3) is 0.333. The number of hydrogen-bond donors (Lipinski definition) is 2. The van der Waals surface area contributed by atoms with Gasteiger partial charge in [0, 0.05) is 0 Å². The van der Waals surface area contributed by atoms with Gasteiger partial charge in [0.25, 0.3) is 0 Å². The fourth-order valence-corrected chi connectivity index (χ4v) is 3.29. The third-order valence-electron chi connectivity index (χ3n) is 4.36. The highest BCUT2D eigenvalue weighted by Gasteiger charge is 2.18. The largest absolute Gasteiger partial charge is 0.271 e. The van der Waals surface area contributed by atoms with Crippen LogP contribution in [0.1, 0.15) is 45.8 Å². The van der Waals surface area contributed by atoms with Gasteiger partial charge in [-0.3, -0.25) is 5.84 Å². The molecule has 0 aromatic heterocycles. The second-order valence-corrected chi connectivity index (χ2v) is 5.84. The van der Waals surface area contributed by atoms with Crippen molar-refractivity contribution in [1.29, 1.82) is 0 Å². The summed E-state index contributed by atoms with van der Waals surface area (Å²) in [5.41, 5.74) is 11.1. The zero-order valence-corrected chi connectivity index (χ0v) is 12.2. The molecule has 0 bridgehead atoms. The monoisotopic (exact) mass is 266 g/mol. The molecule has 1 aliphatic rings. The minimum Gasteiger partial charge on any atom is -0.271 e. The van der Waals surface area contributed by atoms with E-state index in [-0.39, 0.29) is 6.04 Å². The molecule has 0 radical (unpaired) electrons. The molecule has 0 heterocycles. The molecule has 2 aromatic carbocycles. The van der Waals surface area contributed by atoms with Crippen LogP contribution in [0, 0.1) is 13.8 Å². The summed E-state index contributed by atoms with van der Waals surface area (Å²) in [6.45, 7) is 4.27. The first-order valence-corrected chi connectivity index (χ1v) is 7.34. The van der Waals surface area contributed by atoms with E-state index < -0.39 is 0 Å². The van der Waals surface area contributed by atoms with E-state index in [1.807, 2.05) is 0 Å². The molecule has 0 saturated heterocycles. The van der Waals surface area contributed by atoms with Gasteiger partial charge in [-0.25, -0.2) is 5.43 Å². The Morgan fingerprint density at radius 2 is 1.80 bits per heavy atom. The molecule has 1 aliphatic carbocycles. The topological polar surface area (TPSA) is 38.0 Å². The lowest BCUT2D eigenvalue weighted by Gasteiger charge is -2.20. The molecule has 1 unspecified atom stereocenters. The van der Waals surface area contributed by atoms with E-state index in [2.05, 4.69) is 55.7 Å². The molecule has 2 heteroatoms. The van der Waals surface area contributed by atoms with E-state index in [9.17, 15) is 0 Å². The van der Waals surface area contributed by atoms with Crippen LogP contribution in [0.5, 0.6) is 0 Å². The van der Waals surface area contributed by atoms with Gasteiger partial charge in [-0.2, -0.15) is 0 Å². The van der Waals surface area contributed by atoms with Gasteiger partial charge in [-0.05, 0) is 60.9 Å². The minimum absolute atomic E-state index is 0.0708. The smallest absolute Gasteiger partial charge is 0.0712 e. The quantitative estimate of drug-likeness (QED) is 0.660. The van der Waals surface area contributed by atoms with Crippen molar-refractivity contribution < 1.29 is 0 Å². The van der Waals surface area contributed by atoms with Gasteiger partial charge in [-0.15, -0.1) is 0 Å². The van der Waals surface area contributed by atoms with Crippen LogP contribution in [0.25, 0.3) is 0 Å². The zero-order chi connectivity index (χ0) is 14.1. The van der Waals surface area contributed by atoms with Crippen LogP contribution >= 0.6 is 0 Å². The van der Waals surface area contributed by atoms with Gasteiger partial charge in [0.15, 0.2) is 0 Å². The van der Waals surface area contributed by atoms with Crippen molar-refractivity contribution in [2.24, 2.45) is 5.84 Å². The molecule has 0 fully saturated rings. The highest BCUT2D eigenvalue weighted by molar-refractivity contribution is 5.42. The molecule has 2 nitrogen and oxygen atoms in total. The molecule has 20 heavy (non-hydrogen) atoms. The van der Waals surface area contributed by atoms with E-state index in [0.29, 0.717) is 0 Å². The predicted octanol–water partition coefficient (Wildman–Crippen LogP) is 3.34. The van der Waals surface area contributed by atoms with Crippen molar-refractivity contribution >= 4 is 0 Å². The molecule has 3 N–H and O–H groups in total. The summed E-state index contributed by atoms with van der Waals surface area (Å²) in [5.74, 6) is 5.84. The maximum Gasteiger partial charge on any atom is 0.0712 e. The highest BCUT2D eigenvalue weighted by atomic mass is 15.2. The number of nitrogens with one attached hydrogen (secondary N) is 1. The number of hydrazine groups is 1. The maximum atomic E-state index is 5.84. The highest BCUT2D eigenvalue weighted by Crippen LogP contribution is 2.29. The summed E-state index contributed by atoms with van der Waals surface area (Å²) in [4.78, 5) is 0. The summed E-state index contributed by atoms with van der Waals surface area (Å²) in [5, 5.41) is 0. The van der Waals surface area contributed by atoms with Gasteiger partial charge < -0.3 is 0 Å². The number of hydrogen-bond acceptors (Lipinski definition) is 2. The molecule has 0 aliphatic heterocycles. The number of benzene rings is 2. The van der Waals surface area contributed by atoms with Crippen LogP contribution in [-0.4, -0.2) is 0 Å². The summed E-state index contributed by atoms with van der Waals surface area (Å²) in [6, 6.07) is 13.4. The minimum atomic E-state index is 0.0708. The van der Waals surface area contributed by atoms with Crippen LogP contribution in [-0.2, 0) is 12.8 Å². The first kappa shape index (κ1) is 13.3. The van der Waals surface area contributed by atoms with Crippen molar-refractivity contribution in [2.45, 2.75) is 39.2 Å². The summed E-state index contributed by atoms with van der Waals surface area (Å²) >= 11 is 0. The Bertz CT molecular complexity index is 631. The van der Waals surface area contributed by atoms with Gasteiger partial charge in [-0.1, -0.05) is 42.0 Å². The predicted molar refractivity (Wildman–Crippen MR) is 83.5 cm³/mol. The standard InChI is InChI=1S/C18H22N2/c1-12-6-9-17(13(2)10-12)18(20-19)16-8-7-14-4-3-5-15(14)11-16/h6-11,18,20H,3-5,19H2,1-2H3. The van der Waals surface area contributed by atoms with Crippen molar-refractivity contribution in [3.63, 3.8) is 0 Å². The van der Waals surface area contributed by atoms with E-state index in [1.54, 1.807) is 0 Å². The number of aryl methyl sites for hydroxylation is 4. The molecule has 104 valence electrons. The van der Waals surface area contributed by atoms with Crippen molar-refractivity contribution in [3.05, 3.63) is 69.8 Å². The Hall–Kier alpha value is -1.64. The van der Waals surface area contributed by atoms with E-state index >= 15 is 0 Å². The Balaban J connectivity index is 2.01. The second kappa shape index (κ2) is 5.39. The summed E-state index contributed by atoms with van der Waals surface area (Å²) in [6.07, 6.45) is 3.70. The molecule has 0 saturated carbocycles. The molecule has 2 aromatic rings. The van der Waals surface area contributed by atoms with Crippen molar-refractivity contribution in [2.75, 3.05) is 0 Å². The van der Waals surface area contributed by atoms with Crippen LogP contribution in [0.2, 0.25) is 0 Å². The van der Waals surface area contributed by atoms with E-state index in [1.165, 1.54) is 52.6 Å². The summed E-state index contributed by atoms with van der Waals surface area (Å²) < 4.78 is 0. The number of rotatable bonds is 3. The molecule has 0 amide bonds. The maximum absolute atomic E-state index is 5.84. The SMILES string of the molecule is Cc1ccc(C(NN)c2ccc3c(c2)CCC3)c(C)c1. The van der Waals surface area contributed by atoms with Crippen molar-refractivity contribution in [3.8, 4) is 0 Å². The molecular weight excluding hydrogens is 244 g/mol. The van der Waals surface area contributed by atoms with Crippen LogP contribution in [0.15, 0.2) is 36.4 Å². The van der Waals surface area contributed by atoms with Gasteiger partial charge >= 0.3 is 0 Å². The third kappa shape index (κ3) is 2.37. The fourth-order valence-electron chi connectivity index (χ4n) is 3.29. The first-order chi connectivity index (χ1) is 9.69. The van der Waals surface area contributed by atoms with E-state index in [4.69, 9.17) is 5.84 Å². The molecule has 3 rings (SSSR count). The van der Waals surface area contributed by atoms with Gasteiger partial charge in [0.05, 0.1) is 6.04 Å². The molecule has 1 atom stereocenters. The van der Waals surface area contributed by atoms with E-state index in [0.717, 1.165) is 0 Å². The average Bonchev–Trinajstić information content (AvgIpc) is 2.89. The van der Waals surface area contributed by atoms with Crippen molar-refractivity contribution in [1.82, 2.24) is 5.43 Å². The van der Waals surface area contributed by atoms with Gasteiger partial charge in [0.2, 0.25) is 0 Å². The second-order valence-electron chi connectivity index (χ2n) is 5.84. The average molecular weight is 266 g/mol. The number of fused-ring (bicyclic) bond motifs is 1. The Kier molecular flexibility index (Phi) is 3.60. The molecule has 0 spiro atoms. The first-order valence-electron chi connectivity index (χ1n) is 7.34. The lowest BCUT2D eigenvalue weighted by molar-refractivity contribution is 0.633. The lowest BCUT2D eigenvalue weighted by atomic mass is 9.92. The lowest BCUT2D eigenvalue weighted by Crippen LogP contribution is -2.29. The Labute approximate surface area is 121 Å².